The fourth-order valence-corrected chi connectivity index (χ4v) is 1.68. The van der Waals surface area contributed by atoms with Crippen LogP contribution in [-0.2, 0) is 0 Å². The summed E-state index contributed by atoms with van der Waals surface area (Å²) < 4.78 is 19.1. The predicted molar refractivity (Wildman–Crippen MR) is 68.6 cm³/mol. The van der Waals surface area contributed by atoms with Crippen LogP contribution in [0.1, 0.15) is 18.6 Å². The zero-order valence-corrected chi connectivity index (χ0v) is 10.5. The molecule has 2 aromatic carbocycles. The van der Waals surface area contributed by atoms with Crippen LogP contribution in [0.4, 0.5) is 4.39 Å². The van der Waals surface area contributed by atoms with E-state index in [-0.39, 0.29) is 5.75 Å². The van der Waals surface area contributed by atoms with Gasteiger partial charge in [-0.05, 0) is 36.8 Å². The van der Waals surface area contributed by atoms with Crippen molar-refractivity contribution >= 4 is 11.6 Å². The first-order valence-electron chi connectivity index (χ1n) is 5.48. The standard InChI is InChI=1S/C14H12ClFO2/c1-9(17)10-6-7-14(12(16)8-10)18-13-5-3-2-4-11(13)15/h2-9,17H,1H3. The molecule has 0 amide bonds. The summed E-state index contributed by atoms with van der Waals surface area (Å²) in [6, 6.07) is 11.2. The number of halogens is 2. The molecule has 0 aliphatic rings. The normalized spacial score (nSPS) is 12.2. The summed E-state index contributed by atoms with van der Waals surface area (Å²) >= 11 is 5.92. The van der Waals surface area contributed by atoms with E-state index < -0.39 is 11.9 Å². The summed E-state index contributed by atoms with van der Waals surface area (Å²) in [5.41, 5.74) is 0.499. The molecule has 2 nitrogen and oxygen atoms in total. The van der Waals surface area contributed by atoms with E-state index >= 15 is 0 Å². The molecule has 0 saturated carbocycles. The molecule has 2 rings (SSSR count). The Balaban J connectivity index is 2.28. The Morgan fingerprint density at radius 3 is 2.50 bits per heavy atom. The van der Waals surface area contributed by atoms with Crippen LogP contribution >= 0.6 is 11.6 Å². The van der Waals surface area contributed by atoms with Crippen molar-refractivity contribution in [1.82, 2.24) is 0 Å². The molecule has 0 radical (unpaired) electrons. The number of hydrogen-bond acceptors (Lipinski definition) is 2. The Hall–Kier alpha value is -1.58. The second kappa shape index (κ2) is 5.38. The van der Waals surface area contributed by atoms with Crippen molar-refractivity contribution in [1.29, 1.82) is 0 Å². The van der Waals surface area contributed by atoms with E-state index in [1.54, 1.807) is 37.3 Å². The van der Waals surface area contributed by atoms with Gasteiger partial charge in [-0.1, -0.05) is 29.8 Å². The van der Waals surface area contributed by atoms with Gasteiger partial charge >= 0.3 is 0 Å². The van der Waals surface area contributed by atoms with E-state index in [0.717, 1.165) is 0 Å². The van der Waals surface area contributed by atoms with Gasteiger partial charge < -0.3 is 9.84 Å². The summed E-state index contributed by atoms with van der Waals surface area (Å²) in [6.45, 7) is 1.57. The number of rotatable bonds is 3. The highest BCUT2D eigenvalue weighted by Crippen LogP contribution is 2.31. The van der Waals surface area contributed by atoms with Gasteiger partial charge in [0.15, 0.2) is 11.6 Å². The molecule has 18 heavy (non-hydrogen) atoms. The van der Waals surface area contributed by atoms with Gasteiger partial charge in [-0.15, -0.1) is 0 Å². The van der Waals surface area contributed by atoms with E-state index in [1.165, 1.54) is 12.1 Å². The van der Waals surface area contributed by atoms with Crippen LogP contribution in [0, 0.1) is 5.82 Å². The molecule has 0 aromatic heterocycles. The Bertz CT molecular complexity index is 555. The van der Waals surface area contributed by atoms with Gasteiger partial charge in [0.1, 0.15) is 5.75 Å². The lowest BCUT2D eigenvalue weighted by molar-refractivity contribution is 0.198. The fraction of sp³-hybridized carbons (Fsp3) is 0.143. The fourth-order valence-electron chi connectivity index (χ4n) is 1.51. The topological polar surface area (TPSA) is 29.5 Å². The monoisotopic (exact) mass is 266 g/mol. The maximum atomic E-state index is 13.7. The van der Waals surface area contributed by atoms with Crippen LogP contribution in [0.25, 0.3) is 0 Å². The second-order valence-electron chi connectivity index (χ2n) is 3.90. The summed E-state index contributed by atoms with van der Waals surface area (Å²) in [4.78, 5) is 0. The van der Waals surface area contributed by atoms with E-state index in [9.17, 15) is 9.50 Å². The van der Waals surface area contributed by atoms with E-state index in [0.29, 0.717) is 16.3 Å². The van der Waals surface area contributed by atoms with Crippen molar-refractivity contribution in [2.75, 3.05) is 0 Å². The molecule has 0 saturated heterocycles. The Morgan fingerprint density at radius 1 is 1.17 bits per heavy atom. The van der Waals surface area contributed by atoms with Crippen LogP contribution < -0.4 is 4.74 Å². The smallest absolute Gasteiger partial charge is 0.166 e. The number of aliphatic hydroxyl groups is 1. The molecule has 4 heteroatoms. The van der Waals surface area contributed by atoms with Gasteiger partial charge in [0.2, 0.25) is 0 Å². The van der Waals surface area contributed by atoms with Crippen LogP contribution in [0.15, 0.2) is 42.5 Å². The lowest BCUT2D eigenvalue weighted by atomic mass is 10.1. The molecule has 0 fully saturated rings. The van der Waals surface area contributed by atoms with Crippen molar-refractivity contribution in [3.8, 4) is 11.5 Å². The first kappa shape index (κ1) is 12.9. The quantitative estimate of drug-likeness (QED) is 0.896. The maximum Gasteiger partial charge on any atom is 0.166 e. The van der Waals surface area contributed by atoms with Gasteiger partial charge in [-0.3, -0.25) is 0 Å². The second-order valence-corrected chi connectivity index (χ2v) is 4.31. The lowest BCUT2D eigenvalue weighted by Gasteiger charge is -2.10. The molecule has 0 bridgehead atoms. The number of hydrogen-bond donors (Lipinski definition) is 1. The molecule has 0 aliphatic carbocycles. The SMILES string of the molecule is CC(O)c1ccc(Oc2ccccc2Cl)c(F)c1. The largest absolute Gasteiger partial charge is 0.453 e. The molecule has 0 spiro atoms. The highest BCUT2D eigenvalue weighted by atomic mass is 35.5. The molecule has 1 unspecified atom stereocenters. The minimum absolute atomic E-state index is 0.0764. The number of ether oxygens (including phenoxy) is 1. The molecule has 94 valence electrons. The van der Waals surface area contributed by atoms with Gasteiger partial charge in [-0.25, -0.2) is 4.39 Å². The first-order valence-corrected chi connectivity index (χ1v) is 5.85. The predicted octanol–water partition coefficient (Wildman–Crippen LogP) is 4.32. The van der Waals surface area contributed by atoms with Crippen LogP contribution in [0.3, 0.4) is 0 Å². The van der Waals surface area contributed by atoms with Gasteiger partial charge in [0.25, 0.3) is 0 Å². The first-order chi connectivity index (χ1) is 8.58. The van der Waals surface area contributed by atoms with E-state index in [4.69, 9.17) is 16.3 Å². The van der Waals surface area contributed by atoms with Crippen molar-refractivity contribution < 1.29 is 14.2 Å². The Kier molecular flexibility index (Phi) is 3.84. The minimum atomic E-state index is -0.714. The third-order valence-corrected chi connectivity index (χ3v) is 2.81. The summed E-state index contributed by atoms with van der Waals surface area (Å²) in [6.07, 6.45) is -0.714. The number of benzene rings is 2. The van der Waals surface area contributed by atoms with E-state index in [1.807, 2.05) is 0 Å². The van der Waals surface area contributed by atoms with Crippen molar-refractivity contribution in [2.24, 2.45) is 0 Å². The van der Waals surface area contributed by atoms with Crippen molar-refractivity contribution in [3.63, 3.8) is 0 Å². The summed E-state index contributed by atoms with van der Waals surface area (Å²) in [7, 11) is 0. The number of para-hydroxylation sites is 1. The van der Waals surface area contributed by atoms with E-state index in [2.05, 4.69) is 0 Å². The molecule has 2 aromatic rings. The van der Waals surface area contributed by atoms with Gasteiger partial charge in [-0.2, -0.15) is 0 Å². The highest BCUT2D eigenvalue weighted by Gasteiger charge is 2.10. The molecule has 0 heterocycles. The number of aliphatic hydroxyl groups excluding tert-OH is 1. The molecule has 1 atom stereocenters. The third-order valence-electron chi connectivity index (χ3n) is 2.49. The van der Waals surface area contributed by atoms with Crippen LogP contribution in [0.2, 0.25) is 5.02 Å². The van der Waals surface area contributed by atoms with Crippen molar-refractivity contribution in [3.05, 3.63) is 58.9 Å². The van der Waals surface area contributed by atoms with Gasteiger partial charge in [0.05, 0.1) is 11.1 Å². The van der Waals surface area contributed by atoms with Crippen LogP contribution in [0.5, 0.6) is 11.5 Å². The minimum Gasteiger partial charge on any atom is -0.453 e. The average molecular weight is 267 g/mol. The van der Waals surface area contributed by atoms with Crippen LogP contribution in [-0.4, -0.2) is 5.11 Å². The zero-order chi connectivity index (χ0) is 13.1. The summed E-state index contributed by atoms with van der Waals surface area (Å²) in [5, 5.41) is 9.76. The maximum absolute atomic E-state index is 13.7. The van der Waals surface area contributed by atoms with Crippen molar-refractivity contribution in [2.45, 2.75) is 13.0 Å². The average Bonchev–Trinajstić information content (AvgIpc) is 2.34. The van der Waals surface area contributed by atoms with Gasteiger partial charge in [0, 0.05) is 0 Å². The molecular weight excluding hydrogens is 255 g/mol. The molecule has 0 aliphatic heterocycles. The molecular formula is C14H12ClFO2. The highest BCUT2D eigenvalue weighted by molar-refractivity contribution is 6.32. The third kappa shape index (κ3) is 2.81. The lowest BCUT2D eigenvalue weighted by Crippen LogP contribution is -1.94. The zero-order valence-electron chi connectivity index (χ0n) is 9.73. The Labute approximate surface area is 110 Å². The molecule has 1 N–H and O–H groups in total. The Morgan fingerprint density at radius 2 is 1.89 bits per heavy atom. The summed E-state index contributed by atoms with van der Waals surface area (Å²) in [5.74, 6) is -0.0660.